The average molecular weight is 504 g/mol. The third kappa shape index (κ3) is 5.99. The standard InChI is InChI=1S/C26H32F3N5O2/c27-18-12-21(25(22(28)13-18)36-16-17-2-1-5-31-26(17)29)20-14-23(20)32-19-3-8-34(9-4-19)24(35)15-33-10-6-30-7-11-33/h1-2,5,12-13,19-20,23,30,32H,3-4,6-11,14-16H2/t20-,23+/m0/s1. The number of carbonyl (C=O) groups is 1. The molecule has 0 radical (unpaired) electrons. The molecule has 7 nitrogen and oxygen atoms in total. The molecule has 0 bridgehead atoms. The van der Waals surface area contributed by atoms with Crippen LogP contribution in [0.2, 0.25) is 0 Å². The number of nitrogens with zero attached hydrogens (tertiary/aromatic N) is 3. The predicted molar refractivity (Wildman–Crippen MR) is 128 cm³/mol. The van der Waals surface area contributed by atoms with Crippen LogP contribution >= 0.6 is 0 Å². The van der Waals surface area contributed by atoms with Gasteiger partial charge in [-0.2, -0.15) is 4.39 Å². The SMILES string of the molecule is O=C(CN1CCNCC1)N1CCC(N[C@@H]2C[C@H]2c2cc(F)cc(F)c2OCc2cccnc2F)CC1. The molecule has 2 aliphatic heterocycles. The van der Waals surface area contributed by atoms with Crippen molar-refractivity contribution in [2.75, 3.05) is 45.8 Å². The van der Waals surface area contributed by atoms with E-state index in [1.807, 2.05) is 4.90 Å². The molecule has 194 valence electrons. The second kappa shape index (κ2) is 11.1. The van der Waals surface area contributed by atoms with Gasteiger partial charge in [-0.1, -0.05) is 0 Å². The molecule has 1 aromatic carbocycles. The fraction of sp³-hybridized carbons (Fsp3) is 0.538. The molecular formula is C26H32F3N5O2. The molecule has 3 heterocycles. The lowest BCUT2D eigenvalue weighted by Gasteiger charge is -2.35. The van der Waals surface area contributed by atoms with Gasteiger partial charge in [0.05, 0.1) is 6.54 Å². The first-order chi connectivity index (χ1) is 17.5. The molecule has 1 amide bonds. The Labute approximate surface area is 209 Å². The number of piperidine rings is 1. The Morgan fingerprint density at radius 1 is 1.14 bits per heavy atom. The number of halogens is 3. The van der Waals surface area contributed by atoms with Gasteiger partial charge >= 0.3 is 0 Å². The molecule has 1 aromatic heterocycles. The van der Waals surface area contributed by atoms with Gasteiger partial charge in [0.15, 0.2) is 11.6 Å². The highest BCUT2D eigenvalue weighted by Gasteiger charge is 2.42. The highest BCUT2D eigenvalue weighted by molar-refractivity contribution is 5.78. The number of hydrogen-bond donors (Lipinski definition) is 2. The molecule has 0 unspecified atom stereocenters. The van der Waals surface area contributed by atoms with E-state index in [9.17, 15) is 18.0 Å². The third-order valence-electron chi connectivity index (χ3n) is 7.30. The molecule has 36 heavy (non-hydrogen) atoms. The molecular weight excluding hydrogens is 471 g/mol. The highest BCUT2D eigenvalue weighted by Crippen LogP contribution is 2.46. The van der Waals surface area contributed by atoms with Crippen molar-refractivity contribution in [3.8, 4) is 5.75 Å². The normalized spacial score (nSPS) is 23.0. The number of pyridine rings is 1. The number of likely N-dealkylation sites (tertiary alicyclic amines) is 1. The molecule has 0 spiro atoms. The molecule has 3 aliphatic rings. The summed E-state index contributed by atoms with van der Waals surface area (Å²) in [6, 6.07) is 5.52. The van der Waals surface area contributed by atoms with Crippen molar-refractivity contribution in [2.24, 2.45) is 0 Å². The van der Waals surface area contributed by atoms with Gasteiger partial charge < -0.3 is 20.3 Å². The lowest BCUT2D eigenvalue weighted by molar-refractivity contribution is -0.133. The lowest BCUT2D eigenvalue weighted by Crippen LogP contribution is -2.51. The van der Waals surface area contributed by atoms with Gasteiger partial charge in [0.1, 0.15) is 12.4 Å². The van der Waals surface area contributed by atoms with E-state index in [1.54, 1.807) is 6.07 Å². The predicted octanol–water partition coefficient (Wildman–Crippen LogP) is 2.42. The average Bonchev–Trinajstić information content (AvgIpc) is 3.64. The van der Waals surface area contributed by atoms with Gasteiger partial charge in [0, 0.05) is 80.7 Å². The maximum absolute atomic E-state index is 14.6. The number of hydrogen-bond acceptors (Lipinski definition) is 6. The molecule has 2 aromatic rings. The molecule has 1 saturated carbocycles. The number of rotatable bonds is 8. The van der Waals surface area contributed by atoms with Crippen LogP contribution in [0.4, 0.5) is 13.2 Å². The number of ether oxygens (including phenoxy) is 1. The summed E-state index contributed by atoms with van der Waals surface area (Å²) in [5, 5.41) is 6.90. The second-order valence-corrected chi connectivity index (χ2v) is 9.84. The first kappa shape index (κ1) is 25.0. The van der Waals surface area contributed by atoms with Crippen LogP contribution in [0.3, 0.4) is 0 Å². The van der Waals surface area contributed by atoms with Crippen LogP contribution in [-0.2, 0) is 11.4 Å². The van der Waals surface area contributed by atoms with Crippen LogP contribution in [0.1, 0.15) is 36.3 Å². The van der Waals surface area contributed by atoms with E-state index in [0.717, 1.165) is 51.5 Å². The first-order valence-corrected chi connectivity index (χ1v) is 12.7. The largest absolute Gasteiger partial charge is 0.485 e. The minimum atomic E-state index is -0.795. The van der Waals surface area contributed by atoms with E-state index in [1.165, 1.54) is 18.3 Å². The second-order valence-electron chi connectivity index (χ2n) is 9.84. The summed E-state index contributed by atoms with van der Waals surface area (Å²) in [4.78, 5) is 20.4. The number of amides is 1. The number of benzene rings is 1. The van der Waals surface area contributed by atoms with Crippen molar-refractivity contribution in [3.05, 3.63) is 59.2 Å². The van der Waals surface area contributed by atoms with Crippen molar-refractivity contribution >= 4 is 5.91 Å². The summed E-state index contributed by atoms with van der Waals surface area (Å²) in [7, 11) is 0. The van der Waals surface area contributed by atoms with Crippen molar-refractivity contribution in [1.29, 1.82) is 0 Å². The number of piperazine rings is 1. The van der Waals surface area contributed by atoms with Crippen LogP contribution in [-0.4, -0.2) is 78.6 Å². The highest BCUT2D eigenvalue weighted by atomic mass is 19.1. The summed E-state index contributed by atoms with van der Waals surface area (Å²) >= 11 is 0. The van der Waals surface area contributed by atoms with Gasteiger partial charge in [-0.15, -0.1) is 0 Å². The van der Waals surface area contributed by atoms with Gasteiger partial charge in [0.2, 0.25) is 11.9 Å². The fourth-order valence-electron chi connectivity index (χ4n) is 5.17. The first-order valence-electron chi connectivity index (χ1n) is 12.7. The van der Waals surface area contributed by atoms with Crippen LogP contribution in [0.25, 0.3) is 0 Å². The molecule has 5 rings (SSSR count). The van der Waals surface area contributed by atoms with E-state index < -0.39 is 17.6 Å². The minimum absolute atomic E-state index is 0.0396. The Morgan fingerprint density at radius 3 is 2.67 bits per heavy atom. The van der Waals surface area contributed by atoms with Crippen LogP contribution in [0.5, 0.6) is 5.75 Å². The van der Waals surface area contributed by atoms with Gasteiger partial charge in [-0.25, -0.2) is 13.8 Å². The van der Waals surface area contributed by atoms with E-state index in [4.69, 9.17) is 4.74 Å². The monoisotopic (exact) mass is 503 g/mol. The van der Waals surface area contributed by atoms with Crippen LogP contribution in [0, 0.1) is 17.6 Å². The Morgan fingerprint density at radius 2 is 1.92 bits per heavy atom. The minimum Gasteiger partial charge on any atom is -0.485 e. The van der Waals surface area contributed by atoms with Crippen LogP contribution < -0.4 is 15.4 Å². The zero-order chi connectivity index (χ0) is 25.1. The third-order valence-corrected chi connectivity index (χ3v) is 7.30. The topological polar surface area (TPSA) is 69.7 Å². The zero-order valence-electron chi connectivity index (χ0n) is 20.2. The molecule has 2 atom stereocenters. The summed E-state index contributed by atoms with van der Waals surface area (Å²) < 4.78 is 48.2. The van der Waals surface area contributed by atoms with Crippen molar-refractivity contribution in [2.45, 2.75) is 43.9 Å². The molecule has 1 aliphatic carbocycles. The van der Waals surface area contributed by atoms with Gasteiger partial charge in [-0.05, 0) is 37.5 Å². The Kier molecular flexibility index (Phi) is 7.73. The Hall–Kier alpha value is -2.69. The summed E-state index contributed by atoms with van der Waals surface area (Å²) in [5.74, 6) is -2.08. The maximum atomic E-state index is 14.6. The van der Waals surface area contributed by atoms with Crippen molar-refractivity contribution < 1.29 is 22.7 Å². The molecule has 2 saturated heterocycles. The van der Waals surface area contributed by atoms with E-state index in [2.05, 4.69) is 20.5 Å². The summed E-state index contributed by atoms with van der Waals surface area (Å²) in [6.45, 7) is 5.34. The van der Waals surface area contributed by atoms with E-state index in [0.29, 0.717) is 25.2 Å². The molecule has 10 heteroatoms. The van der Waals surface area contributed by atoms with Crippen LogP contribution in [0.15, 0.2) is 30.5 Å². The number of nitrogens with one attached hydrogen (secondary N) is 2. The Balaban J connectivity index is 1.14. The van der Waals surface area contributed by atoms with E-state index >= 15 is 0 Å². The number of carbonyl (C=O) groups excluding carboxylic acids is 1. The zero-order valence-corrected chi connectivity index (χ0v) is 20.2. The lowest BCUT2D eigenvalue weighted by atomic mass is 10.0. The van der Waals surface area contributed by atoms with Gasteiger partial charge in [-0.3, -0.25) is 9.69 Å². The summed E-state index contributed by atoms with van der Waals surface area (Å²) in [5.41, 5.74) is 0.661. The number of aromatic nitrogens is 1. The Bertz CT molecular complexity index is 1070. The molecule has 2 N–H and O–H groups in total. The molecule has 3 fully saturated rings. The van der Waals surface area contributed by atoms with E-state index in [-0.39, 0.29) is 41.8 Å². The van der Waals surface area contributed by atoms with Crippen molar-refractivity contribution in [1.82, 2.24) is 25.4 Å². The summed E-state index contributed by atoms with van der Waals surface area (Å²) in [6.07, 6.45) is 3.76. The quantitative estimate of drug-likeness (QED) is 0.540. The maximum Gasteiger partial charge on any atom is 0.236 e. The van der Waals surface area contributed by atoms with Crippen molar-refractivity contribution in [3.63, 3.8) is 0 Å². The van der Waals surface area contributed by atoms with Gasteiger partial charge in [0.25, 0.3) is 0 Å². The smallest absolute Gasteiger partial charge is 0.236 e. The fourth-order valence-corrected chi connectivity index (χ4v) is 5.17.